The molecule has 3 nitrogen and oxygen atoms in total. The summed E-state index contributed by atoms with van der Waals surface area (Å²) in [6.07, 6.45) is 2.03. The van der Waals surface area contributed by atoms with E-state index in [-0.39, 0.29) is 11.9 Å². The number of carbonyl (C=O) groups is 1. The zero-order chi connectivity index (χ0) is 13.1. The van der Waals surface area contributed by atoms with Crippen molar-refractivity contribution in [3.05, 3.63) is 29.8 Å². The van der Waals surface area contributed by atoms with Crippen LogP contribution in [0.2, 0.25) is 0 Å². The van der Waals surface area contributed by atoms with Crippen molar-refractivity contribution in [2.45, 2.75) is 36.7 Å². The Morgan fingerprint density at radius 1 is 1.44 bits per heavy atom. The number of amides is 1. The molecule has 0 bridgehead atoms. The third-order valence-corrected chi connectivity index (χ3v) is 4.08. The molecule has 1 aromatic rings. The Morgan fingerprint density at radius 3 is 2.83 bits per heavy atom. The smallest absolute Gasteiger partial charge is 0.252 e. The van der Waals surface area contributed by atoms with Crippen LogP contribution in [0.15, 0.2) is 29.2 Å². The average Bonchev–Trinajstić information content (AvgIpc) is 2.34. The zero-order valence-electron chi connectivity index (χ0n) is 10.9. The Bertz CT molecular complexity index is 436. The molecule has 2 unspecified atom stereocenters. The van der Waals surface area contributed by atoms with E-state index in [2.05, 4.69) is 36.8 Å². The summed E-state index contributed by atoms with van der Waals surface area (Å²) >= 11 is 4.32. The fourth-order valence-electron chi connectivity index (χ4n) is 2.35. The molecule has 1 aliphatic heterocycles. The van der Waals surface area contributed by atoms with Gasteiger partial charge >= 0.3 is 0 Å². The van der Waals surface area contributed by atoms with Crippen molar-refractivity contribution < 1.29 is 4.79 Å². The van der Waals surface area contributed by atoms with Crippen molar-refractivity contribution >= 4 is 18.5 Å². The van der Waals surface area contributed by atoms with E-state index in [0.717, 1.165) is 24.3 Å². The fourth-order valence-corrected chi connectivity index (χ4v) is 2.61. The second-order valence-electron chi connectivity index (χ2n) is 5.04. The molecule has 1 aliphatic rings. The van der Waals surface area contributed by atoms with Crippen LogP contribution >= 0.6 is 12.6 Å². The van der Waals surface area contributed by atoms with Crippen LogP contribution in [0.1, 0.15) is 30.1 Å². The van der Waals surface area contributed by atoms with Gasteiger partial charge in [0.2, 0.25) is 0 Å². The molecule has 0 spiro atoms. The lowest BCUT2D eigenvalue weighted by Gasteiger charge is -2.35. The predicted molar refractivity (Wildman–Crippen MR) is 76.3 cm³/mol. The van der Waals surface area contributed by atoms with Crippen molar-refractivity contribution in [2.24, 2.45) is 0 Å². The van der Waals surface area contributed by atoms with Gasteiger partial charge in [0.1, 0.15) is 0 Å². The van der Waals surface area contributed by atoms with Crippen molar-refractivity contribution in [3.63, 3.8) is 0 Å². The van der Waals surface area contributed by atoms with Gasteiger partial charge in [-0.3, -0.25) is 4.79 Å². The van der Waals surface area contributed by atoms with Crippen LogP contribution in [0.25, 0.3) is 0 Å². The quantitative estimate of drug-likeness (QED) is 0.803. The molecule has 0 saturated carbocycles. The molecule has 98 valence electrons. The fraction of sp³-hybridized carbons (Fsp3) is 0.500. The number of thiol groups is 1. The summed E-state index contributed by atoms with van der Waals surface area (Å²) in [5.74, 6) is -0.0117. The van der Waals surface area contributed by atoms with Gasteiger partial charge in [-0.25, -0.2) is 0 Å². The summed E-state index contributed by atoms with van der Waals surface area (Å²) in [5, 5.41) is 3.11. The molecule has 1 saturated heterocycles. The van der Waals surface area contributed by atoms with Gasteiger partial charge in [0.25, 0.3) is 5.91 Å². The Hall–Kier alpha value is -1.00. The predicted octanol–water partition coefficient (Wildman–Crippen LogP) is 2.19. The summed E-state index contributed by atoms with van der Waals surface area (Å²) in [4.78, 5) is 15.2. The highest BCUT2D eigenvalue weighted by atomic mass is 32.1. The van der Waals surface area contributed by atoms with Crippen LogP contribution in [0.5, 0.6) is 0 Å². The average molecular weight is 264 g/mol. The maximum absolute atomic E-state index is 12.1. The van der Waals surface area contributed by atoms with E-state index in [0.29, 0.717) is 11.6 Å². The van der Waals surface area contributed by atoms with Crippen LogP contribution < -0.4 is 5.32 Å². The van der Waals surface area contributed by atoms with Crippen LogP contribution in [0.4, 0.5) is 0 Å². The third kappa shape index (κ3) is 3.06. The van der Waals surface area contributed by atoms with Gasteiger partial charge in [0.05, 0.1) is 5.56 Å². The molecular formula is C14H20N2OS. The van der Waals surface area contributed by atoms with Gasteiger partial charge in [0.15, 0.2) is 0 Å². The number of hydrogen-bond donors (Lipinski definition) is 2. The van der Waals surface area contributed by atoms with E-state index in [1.54, 1.807) is 0 Å². The standard InChI is InChI=1S/C14H20N2OS/c1-10-9-11(7-8-16(10)2)15-14(17)12-5-3-4-6-13(12)18/h3-6,10-11,18H,7-9H2,1-2H3,(H,15,17). The summed E-state index contributed by atoms with van der Waals surface area (Å²) in [6.45, 7) is 3.24. The van der Waals surface area contributed by atoms with Crippen molar-refractivity contribution in [1.29, 1.82) is 0 Å². The number of nitrogens with one attached hydrogen (secondary N) is 1. The highest BCUT2D eigenvalue weighted by Crippen LogP contribution is 2.17. The minimum Gasteiger partial charge on any atom is -0.349 e. The van der Waals surface area contributed by atoms with Crippen molar-refractivity contribution in [2.75, 3.05) is 13.6 Å². The molecule has 1 heterocycles. The molecule has 1 aromatic carbocycles. The second-order valence-corrected chi connectivity index (χ2v) is 5.52. The summed E-state index contributed by atoms with van der Waals surface area (Å²) in [5.41, 5.74) is 0.660. The van der Waals surface area contributed by atoms with E-state index in [1.165, 1.54) is 0 Å². The Kier molecular flexibility index (Phi) is 4.30. The van der Waals surface area contributed by atoms with Crippen molar-refractivity contribution in [3.8, 4) is 0 Å². The Balaban J connectivity index is 1.98. The SMILES string of the molecule is CC1CC(NC(=O)c2ccccc2S)CCN1C. The van der Waals surface area contributed by atoms with Gasteiger partial charge in [-0.2, -0.15) is 0 Å². The second kappa shape index (κ2) is 5.76. The van der Waals surface area contributed by atoms with Gasteiger partial charge in [-0.1, -0.05) is 12.1 Å². The largest absolute Gasteiger partial charge is 0.349 e. The monoisotopic (exact) mass is 264 g/mol. The first-order chi connectivity index (χ1) is 8.58. The van der Waals surface area contributed by atoms with Crippen LogP contribution in [0, 0.1) is 0 Å². The highest BCUT2D eigenvalue weighted by molar-refractivity contribution is 7.80. The molecule has 18 heavy (non-hydrogen) atoms. The molecule has 0 aromatic heterocycles. The molecule has 1 fully saturated rings. The van der Waals surface area contributed by atoms with Gasteiger partial charge in [-0.05, 0) is 38.9 Å². The molecule has 2 rings (SSSR count). The lowest BCUT2D eigenvalue weighted by atomic mass is 9.98. The lowest BCUT2D eigenvalue weighted by Crippen LogP contribution is -2.47. The molecular weight excluding hydrogens is 244 g/mol. The minimum atomic E-state index is -0.0117. The molecule has 0 aliphatic carbocycles. The topological polar surface area (TPSA) is 32.3 Å². The molecule has 0 radical (unpaired) electrons. The first-order valence-corrected chi connectivity index (χ1v) is 6.81. The van der Waals surface area contributed by atoms with E-state index in [4.69, 9.17) is 0 Å². The first kappa shape index (κ1) is 13.4. The van der Waals surface area contributed by atoms with Crippen LogP contribution in [0.3, 0.4) is 0 Å². The van der Waals surface area contributed by atoms with Gasteiger partial charge < -0.3 is 10.2 Å². The molecule has 4 heteroatoms. The number of piperidine rings is 1. The van der Waals surface area contributed by atoms with Crippen LogP contribution in [-0.4, -0.2) is 36.5 Å². The van der Waals surface area contributed by atoms with E-state index < -0.39 is 0 Å². The zero-order valence-corrected chi connectivity index (χ0v) is 11.8. The number of nitrogens with zero attached hydrogens (tertiary/aromatic N) is 1. The maximum atomic E-state index is 12.1. The number of rotatable bonds is 2. The number of carbonyl (C=O) groups excluding carboxylic acids is 1. The number of hydrogen-bond acceptors (Lipinski definition) is 3. The lowest BCUT2D eigenvalue weighted by molar-refractivity contribution is 0.0893. The summed E-state index contributed by atoms with van der Waals surface area (Å²) in [7, 11) is 2.13. The van der Waals surface area contributed by atoms with Crippen LogP contribution in [-0.2, 0) is 0 Å². The van der Waals surface area contributed by atoms with Gasteiger partial charge in [-0.15, -0.1) is 12.6 Å². The highest BCUT2D eigenvalue weighted by Gasteiger charge is 2.24. The maximum Gasteiger partial charge on any atom is 0.252 e. The van der Waals surface area contributed by atoms with E-state index in [9.17, 15) is 4.79 Å². The summed E-state index contributed by atoms with van der Waals surface area (Å²) in [6, 6.07) is 8.21. The third-order valence-electron chi connectivity index (χ3n) is 3.69. The first-order valence-electron chi connectivity index (χ1n) is 6.37. The molecule has 1 N–H and O–H groups in total. The van der Waals surface area contributed by atoms with Gasteiger partial charge in [0, 0.05) is 23.5 Å². The van der Waals surface area contributed by atoms with E-state index in [1.807, 2.05) is 24.3 Å². The Morgan fingerprint density at radius 2 is 2.17 bits per heavy atom. The van der Waals surface area contributed by atoms with E-state index >= 15 is 0 Å². The summed E-state index contributed by atoms with van der Waals surface area (Å²) < 4.78 is 0. The number of likely N-dealkylation sites (tertiary alicyclic amines) is 1. The Labute approximate surface area is 114 Å². The normalized spacial score (nSPS) is 24.8. The molecule has 2 atom stereocenters. The minimum absolute atomic E-state index is 0.0117. The molecule has 1 amide bonds. The number of benzene rings is 1. The van der Waals surface area contributed by atoms with Crippen molar-refractivity contribution in [1.82, 2.24) is 10.2 Å².